The summed E-state index contributed by atoms with van der Waals surface area (Å²) in [5, 5.41) is 1.95. The van der Waals surface area contributed by atoms with Crippen molar-refractivity contribution in [1.82, 2.24) is 0 Å². The Morgan fingerprint density at radius 1 is 1.00 bits per heavy atom. The maximum absolute atomic E-state index is 12.2. The molecule has 0 fully saturated rings. The van der Waals surface area contributed by atoms with Gasteiger partial charge in [-0.15, -0.1) is 0 Å². The number of nitrogens with zero attached hydrogens (tertiary/aromatic N) is 1. The quantitative estimate of drug-likeness (QED) is 0.794. The minimum Gasteiger partial charge on any atom is -0.469 e. The molecule has 122 valence electrons. The van der Waals surface area contributed by atoms with E-state index in [0.29, 0.717) is 0 Å². The average Bonchev–Trinajstić information content (AvgIpc) is 2.57. The number of hydrogen-bond acceptors (Lipinski definition) is 5. The third-order valence-corrected chi connectivity index (χ3v) is 3.88. The van der Waals surface area contributed by atoms with Gasteiger partial charge in [-0.2, -0.15) is 0 Å². The van der Waals surface area contributed by atoms with Gasteiger partial charge in [0, 0.05) is 25.2 Å². The van der Waals surface area contributed by atoms with Crippen molar-refractivity contribution in [2.24, 2.45) is 0 Å². The molecule has 5 heteroatoms. The summed E-state index contributed by atoms with van der Waals surface area (Å²) in [5.74, 6) is -1.58. The van der Waals surface area contributed by atoms with Gasteiger partial charge in [0.2, 0.25) is 0 Å². The molecule has 5 nitrogen and oxygen atoms in total. The van der Waals surface area contributed by atoms with E-state index in [4.69, 9.17) is 9.47 Å². The van der Waals surface area contributed by atoms with Crippen molar-refractivity contribution >= 4 is 28.4 Å². The Hall–Kier alpha value is -2.56. The number of hydrogen-bond donors (Lipinski definition) is 0. The van der Waals surface area contributed by atoms with Crippen molar-refractivity contribution in [2.45, 2.75) is 12.3 Å². The zero-order valence-electron chi connectivity index (χ0n) is 13.8. The normalized spacial score (nSPS) is 11.8. The summed E-state index contributed by atoms with van der Waals surface area (Å²) in [6.45, 7) is 0. The summed E-state index contributed by atoms with van der Waals surface area (Å²) in [6, 6.07) is 11.6. The van der Waals surface area contributed by atoms with E-state index in [2.05, 4.69) is 0 Å². The maximum Gasteiger partial charge on any atom is 0.313 e. The summed E-state index contributed by atoms with van der Waals surface area (Å²) < 4.78 is 9.60. The van der Waals surface area contributed by atoms with Crippen LogP contribution in [-0.2, 0) is 19.1 Å². The van der Waals surface area contributed by atoms with Gasteiger partial charge in [0.15, 0.2) is 0 Å². The summed E-state index contributed by atoms with van der Waals surface area (Å²) in [4.78, 5) is 25.9. The second-order valence-electron chi connectivity index (χ2n) is 5.47. The van der Waals surface area contributed by atoms with E-state index in [1.165, 1.54) is 14.2 Å². The standard InChI is InChI=1S/C18H21NO4/c1-19(2)16-10-9-13(12-7-5-6-8-14(12)16)15(18(21)23-4)11-17(20)22-3/h5-10,15H,11H2,1-4H3. The Kier molecular flexibility index (Phi) is 5.21. The molecule has 0 aliphatic rings. The van der Waals surface area contributed by atoms with Crippen LogP contribution in [-0.4, -0.2) is 40.3 Å². The van der Waals surface area contributed by atoms with E-state index in [0.717, 1.165) is 22.0 Å². The highest BCUT2D eigenvalue weighted by molar-refractivity contribution is 5.99. The van der Waals surface area contributed by atoms with Crippen molar-refractivity contribution in [3.05, 3.63) is 42.0 Å². The highest BCUT2D eigenvalue weighted by atomic mass is 16.5. The zero-order chi connectivity index (χ0) is 17.0. The Labute approximate surface area is 135 Å². The Morgan fingerprint density at radius 3 is 2.22 bits per heavy atom. The second-order valence-corrected chi connectivity index (χ2v) is 5.47. The predicted molar refractivity (Wildman–Crippen MR) is 89.7 cm³/mol. The van der Waals surface area contributed by atoms with Crippen molar-refractivity contribution in [1.29, 1.82) is 0 Å². The fourth-order valence-corrected chi connectivity index (χ4v) is 2.71. The molecular formula is C18H21NO4. The van der Waals surface area contributed by atoms with Crippen LogP contribution in [0.1, 0.15) is 17.9 Å². The largest absolute Gasteiger partial charge is 0.469 e. The lowest BCUT2D eigenvalue weighted by Crippen LogP contribution is -2.19. The van der Waals surface area contributed by atoms with Gasteiger partial charge in [0.25, 0.3) is 0 Å². The van der Waals surface area contributed by atoms with Crippen molar-refractivity contribution in [3.8, 4) is 0 Å². The molecule has 0 saturated heterocycles. The van der Waals surface area contributed by atoms with Gasteiger partial charge >= 0.3 is 11.9 Å². The molecule has 0 aliphatic heterocycles. The van der Waals surface area contributed by atoms with Crippen LogP contribution < -0.4 is 4.90 Å². The molecule has 0 heterocycles. The minimum absolute atomic E-state index is 0.0471. The van der Waals surface area contributed by atoms with Crippen LogP contribution in [0.4, 0.5) is 5.69 Å². The number of methoxy groups -OCH3 is 2. The van der Waals surface area contributed by atoms with E-state index < -0.39 is 17.9 Å². The van der Waals surface area contributed by atoms with Crippen LogP contribution in [0.5, 0.6) is 0 Å². The molecule has 0 aliphatic carbocycles. The molecular weight excluding hydrogens is 294 g/mol. The lowest BCUT2D eigenvalue weighted by Gasteiger charge is -2.20. The Bertz CT molecular complexity index is 724. The number of esters is 2. The molecule has 23 heavy (non-hydrogen) atoms. The fraction of sp³-hybridized carbons (Fsp3) is 0.333. The first kappa shape index (κ1) is 16.8. The summed E-state index contributed by atoms with van der Waals surface area (Å²) in [5.41, 5.74) is 1.81. The van der Waals surface area contributed by atoms with Gasteiger partial charge < -0.3 is 14.4 Å². The number of carbonyl (C=O) groups excluding carboxylic acids is 2. The topological polar surface area (TPSA) is 55.8 Å². The molecule has 2 aromatic carbocycles. The lowest BCUT2D eigenvalue weighted by molar-refractivity contribution is -0.148. The van der Waals surface area contributed by atoms with E-state index in [1.807, 2.05) is 55.4 Å². The van der Waals surface area contributed by atoms with Crippen molar-refractivity contribution in [2.75, 3.05) is 33.2 Å². The van der Waals surface area contributed by atoms with Crippen molar-refractivity contribution in [3.63, 3.8) is 0 Å². The zero-order valence-corrected chi connectivity index (χ0v) is 13.8. The molecule has 0 spiro atoms. The summed E-state index contributed by atoms with van der Waals surface area (Å²) in [6.07, 6.45) is -0.0471. The molecule has 0 saturated carbocycles. The highest BCUT2D eigenvalue weighted by Crippen LogP contribution is 2.34. The average molecular weight is 315 g/mol. The molecule has 2 aromatic rings. The predicted octanol–water partition coefficient (Wildman–Crippen LogP) is 2.73. The number of carbonyl (C=O) groups is 2. The summed E-state index contributed by atoms with van der Waals surface area (Å²) in [7, 11) is 6.56. The maximum atomic E-state index is 12.2. The summed E-state index contributed by atoms with van der Waals surface area (Å²) >= 11 is 0. The van der Waals surface area contributed by atoms with Gasteiger partial charge in [-0.1, -0.05) is 30.3 Å². The van der Waals surface area contributed by atoms with Gasteiger partial charge in [0.1, 0.15) is 0 Å². The molecule has 0 N–H and O–H groups in total. The van der Waals surface area contributed by atoms with Gasteiger partial charge in [0.05, 0.1) is 26.6 Å². The first-order valence-electron chi connectivity index (χ1n) is 7.33. The SMILES string of the molecule is COC(=O)CC(C(=O)OC)c1ccc(N(C)C)c2ccccc12. The fourth-order valence-electron chi connectivity index (χ4n) is 2.71. The molecule has 0 amide bonds. The van der Waals surface area contributed by atoms with Crippen LogP contribution in [0.25, 0.3) is 10.8 Å². The van der Waals surface area contributed by atoms with Crippen molar-refractivity contribution < 1.29 is 19.1 Å². The van der Waals surface area contributed by atoms with Crippen LogP contribution in [0.15, 0.2) is 36.4 Å². The lowest BCUT2D eigenvalue weighted by atomic mass is 9.90. The molecule has 1 unspecified atom stereocenters. The third-order valence-electron chi connectivity index (χ3n) is 3.88. The van der Waals surface area contributed by atoms with Crippen LogP contribution in [0.2, 0.25) is 0 Å². The first-order chi connectivity index (χ1) is 11.0. The Morgan fingerprint density at radius 2 is 1.65 bits per heavy atom. The monoisotopic (exact) mass is 315 g/mol. The number of benzene rings is 2. The molecule has 2 rings (SSSR count). The van der Waals surface area contributed by atoms with E-state index in [-0.39, 0.29) is 6.42 Å². The van der Waals surface area contributed by atoms with E-state index in [9.17, 15) is 9.59 Å². The molecule has 0 aromatic heterocycles. The molecule has 0 bridgehead atoms. The van der Waals surface area contributed by atoms with E-state index in [1.54, 1.807) is 0 Å². The number of ether oxygens (including phenoxy) is 2. The van der Waals surface area contributed by atoms with Crippen LogP contribution >= 0.6 is 0 Å². The highest BCUT2D eigenvalue weighted by Gasteiger charge is 2.27. The second kappa shape index (κ2) is 7.13. The number of anilines is 1. The smallest absolute Gasteiger partial charge is 0.313 e. The number of rotatable bonds is 5. The van der Waals surface area contributed by atoms with Crippen LogP contribution in [0, 0.1) is 0 Å². The molecule has 0 radical (unpaired) electrons. The molecule has 1 atom stereocenters. The van der Waals surface area contributed by atoms with Crippen LogP contribution in [0.3, 0.4) is 0 Å². The number of fused-ring (bicyclic) bond motifs is 1. The van der Waals surface area contributed by atoms with Gasteiger partial charge in [-0.25, -0.2) is 0 Å². The van der Waals surface area contributed by atoms with Gasteiger partial charge in [-0.05, 0) is 17.0 Å². The van der Waals surface area contributed by atoms with E-state index >= 15 is 0 Å². The first-order valence-corrected chi connectivity index (χ1v) is 7.33. The Balaban J connectivity index is 2.62. The van der Waals surface area contributed by atoms with Gasteiger partial charge in [-0.3, -0.25) is 9.59 Å². The third kappa shape index (κ3) is 3.44. The minimum atomic E-state index is -0.687.